The van der Waals surface area contributed by atoms with Gasteiger partial charge in [0.25, 0.3) is 11.6 Å². The van der Waals surface area contributed by atoms with Crippen molar-refractivity contribution in [1.29, 1.82) is 0 Å². The highest BCUT2D eigenvalue weighted by Crippen LogP contribution is 2.30. The lowest BCUT2D eigenvalue weighted by Gasteiger charge is -2.37. The van der Waals surface area contributed by atoms with E-state index in [4.69, 9.17) is 17.0 Å². The fraction of sp³-hybridized carbons (Fsp3) is 0.318. The number of ether oxygens (including phenoxy) is 1. The Bertz CT molecular complexity index is 1030. The zero-order chi connectivity index (χ0) is 23.3. The van der Waals surface area contributed by atoms with E-state index in [0.717, 1.165) is 5.56 Å². The average Bonchev–Trinajstić information content (AvgIpc) is 2.79. The SMILES string of the molecule is CCOC(=O)c1ccc(N2CCN(C(=S)NC(=O)c3ccc(C)cc3)CC2)c([N+](=O)[O-])c1. The number of nitro benzene ring substituents is 1. The molecule has 2 aromatic rings. The second kappa shape index (κ2) is 10.2. The zero-order valence-corrected chi connectivity index (χ0v) is 18.7. The molecule has 1 N–H and O–H groups in total. The van der Waals surface area contributed by atoms with Crippen LogP contribution in [0.1, 0.15) is 33.2 Å². The quantitative estimate of drug-likeness (QED) is 0.317. The van der Waals surface area contributed by atoms with Crippen molar-refractivity contribution in [1.82, 2.24) is 10.2 Å². The van der Waals surface area contributed by atoms with Gasteiger partial charge in [0.05, 0.1) is 17.1 Å². The van der Waals surface area contributed by atoms with Crippen LogP contribution in [0.4, 0.5) is 11.4 Å². The summed E-state index contributed by atoms with van der Waals surface area (Å²) in [5.74, 6) is -0.871. The van der Waals surface area contributed by atoms with Gasteiger partial charge in [0.15, 0.2) is 5.11 Å². The number of amides is 1. The maximum Gasteiger partial charge on any atom is 0.338 e. The summed E-state index contributed by atoms with van der Waals surface area (Å²) < 4.78 is 4.93. The molecule has 2 aromatic carbocycles. The van der Waals surface area contributed by atoms with Gasteiger partial charge in [-0.3, -0.25) is 20.2 Å². The van der Waals surface area contributed by atoms with Gasteiger partial charge >= 0.3 is 5.97 Å². The fourth-order valence-corrected chi connectivity index (χ4v) is 3.66. The van der Waals surface area contributed by atoms with Crippen LogP contribution in [0.5, 0.6) is 0 Å². The largest absolute Gasteiger partial charge is 0.462 e. The third kappa shape index (κ3) is 5.38. The minimum absolute atomic E-state index is 0.140. The fourth-order valence-electron chi connectivity index (χ4n) is 3.38. The van der Waals surface area contributed by atoms with E-state index in [1.54, 1.807) is 25.1 Å². The molecule has 0 aromatic heterocycles. The number of carbonyl (C=O) groups excluding carboxylic acids is 2. The topological polar surface area (TPSA) is 105 Å². The molecule has 1 heterocycles. The molecule has 0 radical (unpaired) electrons. The van der Waals surface area contributed by atoms with Crippen molar-refractivity contribution < 1.29 is 19.2 Å². The molecule has 0 spiro atoms. The van der Waals surface area contributed by atoms with Gasteiger partial charge in [-0.2, -0.15) is 0 Å². The Balaban J connectivity index is 1.64. The summed E-state index contributed by atoms with van der Waals surface area (Å²) in [5, 5.41) is 14.7. The van der Waals surface area contributed by atoms with Gasteiger partial charge in [-0.25, -0.2) is 4.79 Å². The first-order valence-electron chi connectivity index (χ1n) is 10.2. The Morgan fingerprint density at radius 2 is 1.72 bits per heavy atom. The molecule has 1 amide bonds. The zero-order valence-electron chi connectivity index (χ0n) is 17.9. The van der Waals surface area contributed by atoms with Gasteiger partial charge in [-0.1, -0.05) is 17.7 Å². The van der Waals surface area contributed by atoms with Crippen LogP contribution < -0.4 is 10.2 Å². The standard InChI is InChI=1S/C22H24N4O5S/c1-3-31-21(28)17-8-9-18(19(14-17)26(29)30)24-10-12-25(13-11-24)22(32)23-20(27)16-6-4-15(2)5-7-16/h4-9,14H,3,10-13H2,1-2H3,(H,23,27,32). The average molecular weight is 457 g/mol. The predicted octanol–water partition coefficient (Wildman–Crippen LogP) is 2.92. The molecule has 168 valence electrons. The Morgan fingerprint density at radius 3 is 2.31 bits per heavy atom. The predicted molar refractivity (Wildman–Crippen MR) is 124 cm³/mol. The number of aryl methyl sites for hydroxylation is 1. The minimum atomic E-state index is -0.596. The van der Waals surface area contributed by atoms with Crippen molar-refractivity contribution in [2.24, 2.45) is 0 Å². The van der Waals surface area contributed by atoms with Gasteiger partial charge in [0.1, 0.15) is 5.69 Å². The summed E-state index contributed by atoms with van der Waals surface area (Å²) in [6, 6.07) is 11.5. The van der Waals surface area contributed by atoms with E-state index in [-0.39, 0.29) is 23.8 Å². The lowest BCUT2D eigenvalue weighted by atomic mass is 10.1. The molecule has 0 saturated carbocycles. The molecule has 3 rings (SSSR count). The summed E-state index contributed by atoms with van der Waals surface area (Å²) >= 11 is 5.39. The Hall–Kier alpha value is -3.53. The summed E-state index contributed by atoms with van der Waals surface area (Å²) in [4.78, 5) is 39.1. The lowest BCUT2D eigenvalue weighted by Crippen LogP contribution is -2.52. The van der Waals surface area contributed by atoms with Crippen molar-refractivity contribution in [2.75, 3.05) is 37.7 Å². The molecule has 0 aliphatic carbocycles. The lowest BCUT2D eigenvalue weighted by molar-refractivity contribution is -0.384. The molecule has 1 aliphatic rings. The van der Waals surface area contributed by atoms with Gasteiger partial charge in [0, 0.05) is 37.8 Å². The number of nitrogens with one attached hydrogen (secondary N) is 1. The van der Waals surface area contributed by atoms with E-state index in [0.29, 0.717) is 42.5 Å². The van der Waals surface area contributed by atoms with E-state index in [1.807, 2.05) is 28.9 Å². The normalized spacial score (nSPS) is 13.4. The molecule has 0 bridgehead atoms. The van der Waals surface area contributed by atoms with E-state index >= 15 is 0 Å². The number of esters is 1. The maximum atomic E-state index is 12.4. The van der Waals surface area contributed by atoms with Crippen LogP contribution in [-0.2, 0) is 4.74 Å². The number of benzene rings is 2. The van der Waals surface area contributed by atoms with Crippen LogP contribution in [0, 0.1) is 17.0 Å². The van der Waals surface area contributed by atoms with E-state index < -0.39 is 10.9 Å². The first kappa shape index (κ1) is 23.1. The highest BCUT2D eigenvalue weighted by Gasteiger charge is 2.26. The highest BCUT2D eigenvalue weighted by molar-refractivity contribution is 7.80. The molecule has 0 atom stereocenters. The first-order valence-corrected chi connectivity index (χ1v) is 10.6. The highest BCUT2D eigenvalue weighted by atomic mass is 32.1. The van der Waals surface area contributed by atoms with Crippen LogP contribution in [0.15, 0.2) is 42.5 Å². The monoisotopic (exact) mass is 456 g/mol. The Kier molecular flexibility index (Phi) is 7.37. The number of hydrogen-bond donors (Lipinski definition) is 1. The molecular weight excluding hydrogens is 432 g/mol. The van der Waals surface area contributed by atoms with Crippen LogP contribution >= 0.6 is 12.2 Å². The number of carbonyl (C=O) groups is 2. The molecule has 1 fully saturated rings. The molecule has 1 aliphatic heterocycles. The van der Waals surface area contributed by atoms with E-state index in [1.165, 1.54) is 12.1 Å². The van der Waals surface area contributed by atoms with Crippen molar-refractivity contribution in [2.45, 2.75) is 13.8 Å². The van der Waals surface area contributed by atoms with Gasteiger partial charge in [0.2, 0.25) is 0 Å². The Labute approximate surface area is 191 Å². The van der Waals surface area contributed by atoms with Gasteiger partial charge < -0.3 is 14.5 Å². The number of piperazine rings is 1. The summed E-state index contributed by atoms with van der Waals surface area (Å²) in [7, 11) is 0. The van der Waals surface area contributed by atoms with Crippen molar-refractivity contribution in [3.63, 3.8) is 0 Å². The number of rotatable bonds is 5. The van der Waals surface area contributed by atoms with E-state index in [2.05, 4.69) is 5.32 Å². The Morgan fingerprint density at radius 1 is 1.09 bits per heavy atom. The number of nitrogens with zero attached hydrogens (tertiary/aromatic N) is 3. The van der Waals surface area contributed by atoms with E-state index in [9.17, 15) is 19.7 Å². The van der Waals surface area contributed by atoms with Crippen molar-refractivity contribution in [3.05, 3.63) is 69.3 Å². The van der Waals surface area contributed by atoms with Crippen LogP contribution in [-0.4, -0.2) is 59.6 Å². The second-order valence-electron chi connectivity index (χ2n) is 7.28. The van der Waals surface area contributed by atoms with Crippen LogP contribution in [0.3, 0.4) is 0 Å². The summed E-state index contributed by atoms with van der Waals surface area (Å²) in [5.41, 5.74) is 2.00. The molecule has 0 unspecified atom stereocenters. The summed E-state index contributed by atoms with van der Waals surface area (Å²) in [6.07, 6.45) is 0. The molecule has 32 heavy (non-hydrogen) atoms. The number of nitro groups is 1. The number of anilines is 1. The van der Waals surface area contributed by atoms with Crippen molar-refractivity contribution >= 4 is 40.6 Å². The molecule has 1 saturated heterocycles. The summed E-state index contributed by atoms with van der Waals surface area (Å²) in [6.45, 7) is 5.74. The third-order valence-corrected chi connectivity index (χ3v) is 5.49. The van der Waals surface area contributed by atoms with Gasteiger partial charge in [-0.15, -0.1) is 0 Å². The number of thiocarbonyl (C=S) groups is 1. The maximum absolute atomic E-state index is 12.4. The smallest absolute Gasteiger partial charge is 0.338 e. The van der Waals surface area contributed by atoms with Crippen molar-refractivity contribution in [3.8, 4) is 0 Å². The molecule has 9 nitrogen and oxygen atoms in total. The molecular formula is C22H24N4O5S. The van der Waals surface area contributed by atoms with Crippen LogP contribution in [0.2, 0.25) is 0 Å². The minimum Gasteiger partial charge on any atom is -0.462 e. The number of hydrogen-bond acceptors (Lipinski definition) is 7. The first-order chi connectivity index (χ1) is 15.3. The van der Waals surface area contributed by atoms with Crippen LogP contribution in [0.25, 0.3) is 0 Å². The van der Waals surface area contributed by atoms with Gasteiger partial charge in [-0.05, 0) is 50.3 Å². The second-order valence-corrected chi connectivity index (χ2v) is 7.67. The molecule has 10 heteroatoms. The third-order valence-electron chi connectivity index (χ3n) is 5.13.